The molecule has 1 aromatic rings. The van der Waals surface area contributed by atoms with Crippen molar-refractivity contribution in [3.8, 4) is 0 Å². The van der Waals surface area contributed by atoms with E-state index in [2.05, 4.69) is 10.2 Å². The first-order valence-corrected chi connectivity index (χ1v) is 13.0. The van der Waals surface area contributed by atoms with Crippen LogP contribution in [0.4, 0.5) is 0 Å². The molecule has 3 rings (SSSR count). The van der Waals surface area contributed by atoms with Crippen LogP contribution in [0.2, 0.25) is 5.02 Å². The highest BCUT2D eigenvalue weighted by atomic mass is 35.5. The Balaban J connectivity index is 1.73. The van der Waals surface area contributed by atoms with Crippen molar-refractivity contribution >= 4 is 29.3 Å². The fourth-order valence-electron chi connectivity index (χ4n) is 5.16. The summed E-state index contributed by atoms with van der Waals surface area (Å²) in [6.45, 7) is 5.23. The Hall–Kier alpha value is -2.12. The van der Waals surface area contributed by atoms with Gasteiger partial charge in [-0.25, -0.2) is 0 Å². The normalized spacial score (nSPS) is 19.8. The molecule has 2 atom stereocenters. The van der Waals surface area contributed by atoms with Gasteiger partial charge in [-0.05, 0) is 37.0 Å². The molecule has 1 saturated heterocycles. The number of nitrogens with one attached hydrogen (secondary N) is 1. The highest BCUT2D eigenvalue weighted by Gasteiger charge is 2.39. The minimum absolute atomic E-state index is 0.0258. The molecular formula is C26H39ClN4O3. The van der Waals surface area contributed by atoms with Crippen molar-refractivity contribution in [2.24, 2.45) is 11.7 Å². The zero-order valence-corrected chi connectivity index (χ0v) is 21.2. The summed E-state index contributed by atoms with van der Waals surface area (Å²) < 4.78 is 0. The van der Waals surface area contributed by atoms with E-state index in [1.807, 2.05) is 30.9 Å². The topological polar surface area (TPSA) is 95.7 Å². The molecule has 34 heavy (non-hydrogen) atoms. The monoisotopic (exact) mass is 490 g/mol. The smallest absolute Gasteiger partial charge is 0.245 e. The second-order valence-corrected chi connectivity index (χ2v) is 10.3. The van der Waals surface area contributed by atoms with Crippen LogP contribution < -0.4 is 11.1 Å². The number of hydrogen-bond acceptors (Lipinski definition) is 4. The number of nitrogens with two attached hydrogens (primary N) is 1. The first kappa shape index (κ1) is 26.5. The highest BCUT2D eigenvalue weighted by Crippen LogP contribution is 2.29. The Morgan fingerprint density at radius 1 is 1.09 bits per heavy atom. The van der Waals surface area contributed by atoms with Crippen LogP contribution in [-0.4, -0.2) is 65.3 Å². The lowest BCUT2D eigenvalue weighted by atomic mass is 9.92. The molecule has 0 spiro atoms. The fraction of sp³-hybridized carbons (Fsp3) is 0.654. The summed E-state index contributed by atoms with van der Waals surface area (Å²) in [7, 11) is 0. The number of benzene rings is 1. The second kappa shape index (κ2) is 12.5. The van der Waals surface area contributed by atoms with Crippen LogP contribution in [-0.2, 0) is 20.8 Å². The predicted octanol–water partition coefficient (Wildman–Crippen LogP) is 3.13. The van der Waals surface area contributed by atoms with E-state index in [1.54, 1.807) is 12.1 Å². The molecule has 1 aromatic carbocycles. The molecule has 7 nitrogen and oxygen atoms in total. The van der Waals surface area contributed by atoms with E-state index in [0.29, 0.717) is 24.5 Å². The van der Waals surface area contributed by atoms with Crippen molar-refractivity contribution in [1.29, 1.82) is 0 Å². The van der Waals surface area contributed by atoms with Crippen molar-refractivity contribution in [2.75, 3.05) is 19.6 Å². The third-order valence-electron chi connectivity index (χ3n) is 6.94. The van der Waals surface area contributed by atoms with Gasteiger partial charge in [-0.1, -0.05) is 56.8 Å². The van der Waals surface area contributed by atoms with Gasteiger partial charge in [0.15, 0.2) is 0 Å². The van der Waals surface area contributed by atoms with Crippen molar-refractivity contribution in [1.82, 2.24) is 15.1 Å². The Bertz CT molecular complexity index is 839. The molecule has 188 valence electrons. The second-order valence-electron chi connectivity index (χ2n) is 9.91. The van der Waals surface area contributed by atoms with Crippen LogP contribution in [0.25, 0.3) is 0 Å². The summed E-state index contributed by atoms with van der Waals surface area (Å²) in [6.07, 6.45) is 6.93. The number of rotatable bonds is 9. The van der Waals surface area contributed by atoms with Crippen LogP contribution in [0.5, 0.6) is 0 Å². The quantitative estimate of drug-likeness (QED) is 0.555. The zero-order valence-electron chi connectivity index (χ0n) is 20.5. The molecule has 0 bridgehead atoms. The highest BCUT2D eigenvalue weighted by molar-refractivity contribution is 6.30. The first-order chi connectivity index (χ1) is 16.3. The molecule has 1 aliphatic heterocycles. The van der Waals surface area contributed by atoms with E-state index in [1.165, 1.54) is 6.42 Å². The Labute approximate surface area is 208 Å². The minimum atomic E-state index is -0.678. The van der Waals surface area contributed by atoms with Crippen molar-refractivity contribution in [3.63, 3.8) is 0 Å². The number of carbonyl (C=O) groups is 3. The predicted molar refractivity (Wildman–Crippen MR) is 134 cm³/mol. The van der Waals surface area contributed by atoms with Crippen LogP contribution >= 0.6 is 11.6 Å². The van der Waals surface area contributed by atoms with Crippen LogP contribution in [0.15, 0.2) is 24.3 Å². The summed E-state index contributed by atoms with van der Waals surface area (Å²) in [6, 6.07) is 6.92. The van der Waals surface area contributed by atoms with Gasteiger partial charge in [0.1, 0.15) is 6.04 Å². The minimum Gasteiger partial charge on any atom is -0.344 e. The van der Waals surface area contributed by atoms with E-state index in [-0.39, 0.29) is 48.7 Å². The average Bonchev–Trinajstić information content (AvgIpc) is 3.30. The lowest BCUT2D eigenvalue weighted by Crippen LogP contribution is -2.53. The molecule has 1 aliphatic carbocycles. The summed E-state index contributed by atoms with van der Waals surface area (Å²) in [4.78, 5) is 43.0. The fourth-order valence-corrected chi connectivity index (χ4v) is 5.28. The first-order valence-electron chi connectivity index (χ1n) is 12.6. The van der Waals surface area contributed by atoms with Crippen molar-refractivity contribution in [2.45, 2.75) is 83.3 Å². The maximum absolute atomic E-state index is 13.6. The SMILES string of the molecule is CC(C)C(=O)N(C1CCCCC1)[C@H]1CCN(C(=O)[C@@H](Cc2ccc(Cl)cc2)NC(=O)CCN)C1. The van der Waals surface area contributed by atoms with E-state index in [9.17, 15) is 14.4 Å². The molecule has 2 fully saturated rings. The van der Waals surface area contributed by atoms with E-state index in [4.69, 9.17) is 17.3 Å². The third-order valence-corrected chi connectivity index (χ3v) is 7.19. The van der Waals surface area contributed by atoms with Gasteiger partial charge < -0.3 is 20.9 Å². The molecule has 0 unspecified atom stereocenters. The van der Waals surface area contributed by atoms with Crippen LogP contribution in [0.3, 0.4) is 0 Å². The number of hydrogen-bond donors (Lipinski definition) is 2. The van der Waals surface area contributed by atoms with E-state index >= 15 is 0 Å². The van der Waals surface area contributed by atoms with Gasteiger partial charge in [-0.2, -0.15) is 0 Å². The maximum atomic E-state index is 13.6. The zero-order chi connectivity index (χ0) is 24.7. The molecule has 1 saturated carbocycles. The van der Waals surface area contributed by atoms with Gasteiger partial charge in [0, 0.05) is 49.5 Å². The molecule has 3 N–H and O–H groups in total. The summed E-state index contributed by atoms with van der Waals surface area (Å²) in [5.74, 6) is -0.229. The number of nitrogens with zero attached hydrogens (tertiary/aromatic N) is 2. The lowest BCUT2D eigenvalue weighted by Gasteiger charge is -2.39. The molecule has 2 aliphatic rings. The van der Waals surface area contributed by atoms with Gasteiger partial charge in [0.2, 0.25) is 17.7 Å². The van der Waals surface area contributed by atoms with E-state index < -0.39 is 6.04 Å². The molecule has 8 heteroatoms. The van der Waals surface area contributed by atoms with Gasteiger partial charge >= 0.3 is 0 Å². The van der Waals surface area contributed by atoms with Gasteiger partial charge in [-0.3, -0.25) is 14.4 Å². The number of amides is 3. The maximum Gasteiger partial charge on any atom is 0.245 e. The lowest BCUT2D eigenvalue weighted by molar-refractivity contribution is -0.141. The summed E-state index contributed by atoms with van der Waals surface area (Å²) in [5.41, 5.74) is 6.46. The summed E-state index contributed by atoms with van der Waals surface area (Å²) in [5, 5.41) is 3.51. The van der Waals surface area contributed by atoms with Crippen molar-refractivity contribution < 1.29 is 14.4 Å². The third kappa shape index (κ3) is 6.95. The van der Waals surface area contributed by atoms with Crippen LogP contribution in [0.1, 0.15) is 64.4 Å². The number of likely N-dealkylation sites (tertiary alicyclic amines) is 1. The Kier molecular flexibility index (Phi) is 9.77. The molecule has 0 aromatic heterocycles. The van der Waals surface area contributed by atoms with Gasteiger partial charge in [-0.15, -0.1) is 0 Å². The average molecular weight is 491 g/mol. The van der Waals surface area contributed by atoms with Crippen molar-refractivity contribution in [3.05, 3.63) is 34.9 Å². The Morgan fingerprint density at radius 3 is 2.38 bits per heavy atom. The van der Waals surface area contributed by atoms with Gasteiger partial charge in [0.25, 0.3) is 0 Å². The molecule has 1 heterocycles. The van der Waals surface area contributed by atoms with Crippen LogP contribution in [0, 0.1) is 5.92 Å². The Morgan fingerprint density at radius 2 is 1.76 bits per heavy atom. The van der Waals surface area contributed by atoms with E-state index in [0.717, 1.165) is 37.7 Å². The number of carbonyl (C=O) groups excluding carboxylic acids is 3. The molecule has 0 radical (unpaired) electrons. The standard InChI is InChI=1S/C26H39ClN4O3/c1-18(2)25(33)31(21-6-4-3-5-7-21)22-13-15-30(17-22)26(34)23(29-24(32)12-14-28)16-19-8-10-20(27)11-9-19/h8-11,18,21-23H,3-7,12-17,28H2,1-2H3,(H,29,32)/t22-,23+/m0/s1. The molecule has 3 amide bonds. The summed E-state index contributed by atoms with van der Waals surface area (Å²) >= 11 is 6.01. The number of halogens is 1. The molecular weight excluding hydrogens is 452 g/mol. The largest absolute Gasteiger partial charge is 0.344 e. The van der Waals surface area contributed by atoms with Gasteiger partial charge in [0.05, 0.1) is 6.04 Å².